The number of hydrogen-bond acceptors (Lipinski definition) is 1. The van der Waals surface area contributed by atoms with Crippen molar-refractivity contribution in [1.82, 2.24) is 5.32 Å². The lowest BCUT2D eigenvalue weighted by Crippen LogP contribution is -2.51. The average molecular weight is 316 g/mol. The summed E-state index contributed by atoms with van der Waals surface area (Å²) in [5.74, 6) is 1.72. The molecule has 0 aromatic heterocycles. The van der Waals surface area contributed by atoms with Gasteiger partial charge in [0, 0.05) is 6.04 Å². The first-order valence-corrected chi connectivity index (χ1v) is 9.56. The Balaban J connectivity index is 1.58. The predicted molar refractivity (Wildman–Crippen MR) is 93.9 cm³/mol. The van der Waals surface area contributed by atoms with Crippen molar-refractivity contribution < 1.29 is 4.79 Å². The molecular formula is C21H33NO. The van der Waals surface area contributed by atoms with E-state index in [1.54, 1.807) is 0 Å². The molecule has 2 nitrogen and oxygen atoms in total. The van der Waals surface area contributed by atoms with Gasteiger partial charge in [-0.05, 0) is 66.6 Å². The number of hydrogen-bond donors (Lipinski definition) is 1. The van der Waals surface area contributed by atoms with E-state index in [0.29, 0.717) is 23.3 Å². The zero-order chi connectivity index (χ0) is 16.8. The average Bonchev–Trinajstić information content (AvgIpc) is 3.11. The van der Waals surface area contributed by atoms with Gasteiger partial charge in [0.15, 0.2) is 0 Å². The molecule has 0 aromatic rings. The Morgan fingerprint density at radius 2 is 1.74 bits per heavy atom. The molecule has 4 saturated carbocycles. The van der Waals surface area contributed by atoms with Crippen LogP contribution < -0.4 is 5.32 Å². The van der Waals surface area contributed by atoms with Crippen LogP contribution in [0.1, 0.15) is 73.1 Å². The third kappa shape index (κ3) is 1.63. The van der Waals surface area contributed by atoms with Gasteiger partial charge < -0.3 is 5.32 Å². The number of rotatable bonds is 2. The molecule has 1 amide bonds. The lowest BCUT2D eigenvalue weighted by molar-refractivity contribution is -0.130. The molecule has 0 spiro atoms. The summed E-state index contributed by atoms with van der Waals surface area (Å²) in [6, 6.07) is 0.355. The fraction of sp³-hybridized carbons (Fsp3) is 0.857. The van der Waals surface area contributed by atoms with E-state index in [-0.39, 0.29) is 16.2 Å². The highest BCUT2D eigenvalue weighted by Crippen LogP contribution is 2.67. The fourth-order valence-corrected chi connectivity index (χ4v) is 6.86. The van der Waals surface area contributed by atoms with Crippen LogP contribution in [0.3, 0.4) is 0 Å². The molecule has 4 bridgehead atoms. The minimum atomic E-state index is -0.267. The first-order valence-electron chi connectivity index (χ1n) is 9.56. The molecule has 0 aromatic carbocycles. The van der Waals surface area contributed by atoms with Crippen molar-refractivity contribution in [3.05, 3.63) is 12.2 Å². The summed E-state index contributed by atoms with van der Waals surface area (Å²) in [7, 11) is 0. The lowest BCUT2D eigenvalue weighted by atomic mass is 9.67. The van der Waals surface area contributed by atoms with Gasteiger partial charge in [0.2, 0.25) is 5.91 Å². The largest absolute Gasteiger partial charge is 0.352 e. The molecule has 4 aliphatic rings. The van der Waals surface area contributed by atoms with Crippen LogP contribution in [-0.2, 0) is 4.79 Å². The van der Waals surface area contributed by atoms with Crippen molar-refractivity contribution >= 4 is 5.91 Å². The van der Waals surface area contributed by atoms with Crippen LogP contribution in [0.25, 0.3) is 0 Å². The standard InChI is InChI=1S/C21H33NO/c1-13-18(2,3)15-8-10-21(13,12-15)17(23)22-16-11-14-7-9-20(16,6)19(14,4)5/h14-16H,1,7-12H2,2-6H3,(H,22,23). The second-order valence-corrected chi connectivity index (χ2v) is 10.4. The molecule has 2 heteroatoms. The van der Waals surface area contributed by atoms with Crippen LogP contribution >= 0.6 is 0 Å². The van der Waals surface area contributed by atoms with Gasteiger partial charge in [-0.25, -0.2) is 0 Å². The summed E-state index contributed by atoms with van der Waals surface area (Å²) in [5, 5.41) is 3.54. The molecule has 4 aliphatic carbocycles. The van der Waals surface area contributed by atoms with Crippen molar-refractivity contribution in [3.63, 3.8) is 0 Å². The summed E-state index contributed by atoms with van der Waals surface area (Å²) in [5.41, 5.74) is 1.68. The monoisotopic (exact) mass is 315 g/mol. The van der Waals surface area contributed by atoms with Crippen LogP contribution in [-0.4, -0.2) is 11.9 Å². The Labute approximate surface area is 141 Å². The van der Waals surface area contributed by atoms with Crippen LogP contribution in [0.15, 0.2) is 12.2 Å². The molecule has 0 aliphatic heterocycles. The zero-order valence-corrected chi connectivity index (χ0v) is 15.6. The summed E-state index contributed by atoms with van der Waals surface area (Å²) in [6.07, 6.45) is 7.00. The third-order valence-corrected chi connectivity index (χ3v) is 9.42. The maximum absolute atomic E-state index is 13.3. The molecule has 4 fully saturated rings. The van der Waals surface area contributed by atoms with Gasteiger partial charge in [-0.3, -0.25) is 4.79 Å². The van der Waals surface area contributed by atoms with Gasteiger partial charge in [-0.1, -0.05) is 46.8 Å². The maximum Gasteiger partial charge on any atom is 0.230 e. The van der Waals surface area contributed by atoms with Crippen molar-refractivity contribution in [3.8, 4) is 0 Å². The minimum Gasteiger partial charge on any atom is -0.352 e. The molecule has 4 rings (SSSR count). The summed E-state index contributed by atoms with van der Waals surface area (Å²) in [4.78, 5) is 13.3. The smallest absolute Gasteiger partial charge is 0.230 e. The summed E-state index contributed by atoms with van der Waals surface area (Å²) in [6.45, 7) is 16.2. The number of nitrogens with one attached hydrogen (secondary N) is 1. The van der Waals surface area contributed by atoms with Crippen molar-refractivity contribution in [1.29, 1.82) is 0 Å². The zero-order valence-electron chi connectivity index (χ0n) is 15.6. The van der Waals surface area contributed by atoms with E-state index in [2.05, 4.69) is 46.5 Å². The summed E-state index contributed by atoms with van der Waals surface area (Å²) >= 11 is 0. The minimum absolute atomic E-state index is 0.132. The van der Waals surface area contributed by atoms with E-state index in [0.717, 1.165) is 18.8 Å². The fourth-order valence-electron chi connectivity index (χ4n) is 6.86. The van der Waals surface area contributed by atoms with E-state index < -0.39 is 0 Å². The molecule has 23 heavy (non-hydrogen) atoms. The third-order valence-electron chi connectivity index (χ3n) is 9.42. The summed E-state index contributed by atoms with van der Waals surface area (Å²) < 4.78 is 0. The Kier molecular flexibility index (Phi) is 2.90. The highest BCUT2D eigenvalue weighted by Gasteiger charge is 2.64. The van der Waals surface area contributed by atoms with Crippen LogP contribution in [0, 0.1) is 33.5 Å². The topological polar surface area (TPSA) is 29.1 Å². The Morgan fingerprint density at radius 3 is 2.22 bits per heavy atom. The van der Waals surface area contributed by atoms with Gasteiger partial charge >= 0.3 is 0 Å². The molecule has 0 saturated heterocycles. The lowest BCUT2D eigenvalue weighted by Gasteiger charge is -2.42. The van der Waals surface area contributed by atoms with E-state index in [4.69, 9.17) is 0 Å². The van der Waals surface area contributed by atoms with Crippen molar-refractivity contribution in [2.45, 2.75) is 79.2 Å². The van der Waals surface area contributed by atoms with E-state index >= 15 is 0 Å². The number of fused-ring (bicyclic) bond motifs is 4. The van der Waals surface area contributed by atoms with E-state index in [1.807, 2.05) is 0 Å². The normalized spacial score (nSPS) is 48.9. The molecular weight excluding hydrogens is 282 g/mol. The Morgan fingerprint density at radius 1 is 1.09 bits per heavy atom. The van der Waals surface area contributed by atoms with Gasteiger partial charge in [0.05, 0.1) is 5.41 Å². The quantitative estimate of drug-likeness (QED) is 0.735. The molecule has 0 radical (unpaired) electrons. The van der Waals surface area contributed by atoms with E-state index in [9.17, 15) is 4.79 Å². The molecule has 5 atom stereocenters. The Bertz CT molecular complexity index is 589. The van der Waals surface area contributed by atoms with Gasteiger partial charge in [0.1, 0.15) is 0 Å². The molecule has 1 N–H and O–H groups in total. The number of carbonyl (C=O) groups excluding carboxylic acids is 1. The predicted octanol–water partition coefficient (Wildman–Crippen LogP) is 4.70. The first kappa shape index (κ1) is 15.7. The van der Waals surface area contributed by atoms with Crippen LogP contribution in [0.5, 0.6) is 0 Å². The van der Waals surface area contributed by atoms with Crippen LogP contribution in [0.2, 0.25) is 0 Å². The highest BCUT2D eigenvalue weighted by atomic mass is 16.2. The van der Waals surface area contributed by atoms with Gasteiger partial charge in [-0.2, -0.15) is 0 Å². The number of carbonyl (C=O) groups is 1. The van der Waals surface area contributed by atoms with Crippen molar-refractivity contribution in [2.75, 3.05) is 0 Å². The van der Waals surface area contributed by atoms with Crippen LogP contribution in [0.4, 0.5) is 0 Å². The van der Waals surface area contributed by atoms with Gasteiger partial charge in [-0.15, -0.1) is 0 Å². The van der Waals surface area contributed by atoms with E-state index in [1.165, 1.54) is 31.3 Å². The number of amides is 1. The van der Waals surface area contributed by atoms with Gasteiger partial charge in [0.25, 0.3) is 0 Å². The SMILES string of the molecule is C=C1C2(C(=O)NC3CC4CCC3(C)C4(C)C)CCC(C2)C1(C)C. The Hall–Kier alpha value is -0.790. The van der Waals surface area contributed by atoms with Crippen molar-refractivity contribution in [2.24, 2.45) is 33.5 Å². The first-order chi connectivity index (χ1) is 10.6. The highest BCUT2D eigenvalue weighted by molar-refractivity contribution is 5.88. The molecule has 128 valence electrons. The second kappa shape index (κ2) is 4.24. The molecule has 0 heterocycles. The molecule has 5 unspecified atom stereocenters. The second-order valence-electron chi connectivity index (χ2n) is 10.4. The maximum atomic E-state index is 13.3.